The van der Waals surface area contributed by atoms with Crippen molar-refractivity contribution in [3.05, 3.63) is 82.8 Å². The number of hydrogen-bond donors (Lipinski definition) is 3. The average Bonchev–Trinajstić information content (AvgIpc) is 2.74. The second-order valence-corrected chi connectivity index (χ2v) is 7.39. The SMILES string of the molecule is Cc1cc(C)c(NC(=O)CNC(=O)NCc2cccnc2Oc2cccc(F)c2)c(C)c1. The summed E-state index contributed by atoms with van der Waals surface area (Å²) in [6.45, 7) is 5.77. The Morgan fingerprint density at radius 3 is 2.47 bits per heavy atom. The molecule has 0 radical (unpaired) electrons. The molecule has 166 valence electrons. The van der Waals surface area contributed by atoms with Gasteiger partial charge in [-0.1, -0.05) is 29.8 Å². The van der Waals surface area contributed by atoms with Crippen LogP contribution < -0.4 is 20.7 Å². The number of ether oxygens (including phenoxy) is 1. The third-order valence-corrected chi connectivity index (χ3v) is 4.65. The molecule has 0 aliphatic rings. The van der Waals surface area contributed by atoms with Gasteiger partial charge >= 0.3 is 6.03 Å². The summed E-state index contributed by atoms with van der Waals surface area (Å²) in [6, 6.07) is 12.6. The van der Waals surface area contributed by atoms with Crippen molar-refractivity contribution >= 4 is 17.6 Å². The van der Waals surface area contributed by atoms with Gasteiger partial charge in [-0.25, -0.2) is 14.2 Å². The number of nitrogens with one attached hydrogen (secondary N) is 3. The normalized spacial score (nSPS) is 10.4. The van der Waals surface area contributed by atoms with Crippen LogP contribution >= 0.6 is 0 Å². The van der Waals surface area contributed by atoms with Crippen LogP contribution in [-0.4, -0.2) is 23.5 Å². The number of hydrogen-bond acceptors (Lipinski definition) is 4. The van der Waals surface area contributed by atoms with Gasteiger partial charge in [0.25, 0.3) is 0 Å². The molecular formula is C24H25FN4O3. The standard InChI is InChI=1S/C24H25FN4O3/c1-15-10-16(2)22(17(3)11-15)29-21(30)14-28-24(31)27-13-18-6-5-9-26-23(18)32-20-8-4-7-19(25)12-20/h4-12H,13-14H2,1-3H3,(H,29,30)(H2,27,28,31). The second-order valence-electron chi connectivity index (χ2n) is 7.39. The first-order valence-electron chi connectivity index (χ1n) is 10.1. The zero-order valence-electron chi connectivity index (χ0n) is 18.2. The van der Waals surface area contributed by atoms with E-state index in [1.54, 1.807) is 18.2 Å². The predicted molar refractivity (Wildman–Crippen MR) is 120 cm³/mol. The molecule has 0 bridgehead atoms. The molecule has 3 aromatic rings. The molecule has 1 aromatic heterocycles. The maximum atomic E-state index is 13.4. The number of carbonyl (C=O) groups is 2. The van der Waals surface area contributed by atoms with E-state index in [4.69, 9.17) is 4.74 Å². The Morgan fingerprint density at radius 2 is 1.75 bits per heavy atom. The molecule has 32 heavy (non-hydrogen) atoms. The van der Waals surface area contributed by atoms with Gasteiger partial charge in [-0.3, -0.25) is 4.79 Å². The molecule has 7 nitrogen and oxygen atoms in total. The summed E-state index contributed by atoms with van der Waals surface area (Å²) in [5, 5.41) is 8.02. The van der Waals surface area contributed by atoms with E-state index in [0.29, 0.717) is 11.3 Å². The Labute approximate surface area is 186 Å². The molecule has 0 aliphatic carbocycles. The first-order valence-corrected chi connectivity index (χ1v) is 10.1. The van der Waals surface area contributed by atoms with Gasteiger partial charge in [-0.15, -0.1) is 0 Å². The Bertz CT molecular complexity index is 1110. The van der Waals surface area contributed by atoms with E-state index in [9.17, 15) is 14.0 Å². The van der Waals surface area contributed by atoms with Gasteiger partial charge in [0.2, 0.25) is 11.8 Å². The van der Waals surface area contributed by atoms with Gasteiger partial charge < -0.3 is 20.7 Å². The van der Waals surface area contributed by atoms with Crippen LogP contribution in [0.25, 0.3) is 0 Å². The van der Waals surface area contributed by atoms with Crippen LogP contribution in [-0.2, 0) is 11.3 Å². The minimum atomic E-state index is -0.516. The van der Waals surface area contributed by atoms with Crippen LogP contribution in [0.1, 0.15) is 22.3 Å². The molecule has 0 aliphatic heterocycles. The van der Waals surface area contributed by atoms with Crippen LogP contribution in [0.5, 0.6) is 11.6 Å². The average molecular weight is 436 g/mol. The zero-order chi connectivity index (χ0) is 23.1. The van der Waals surface area contributed by atoms with Gasteiger partial charge in [0.05, 0.1) is 6.54 Å². The fraction of sp³-hybridized carbons (Fsp3) is 0.208. The quantitative estimate of drug-likeness (QED) is 0.513. The summed E-state index contributed by atoms with van der Waals surface area (Å²) in [4.78, 5) is 28.5. The van der Waals surface area contributed by atoms with E-state index in [0.717, 1.165) is 22.4 Å². The highest BCUT2D eigenvalue weighted by molar-refractivity contribution is 5.95. The molecule has 0 atom stereocenters. The fourth-order valence-corrected chi connectivity index (χ4v) is 3.25. The summed E-state index contributed by atoms with van der Waals surface area (Å²) in [6.07, 6.45) is 1.54. The van der Waals surface area contributed by atoms with E-state index >= 15 is 0 Å². The summed E-state index contributed by atoms with van der Waals surface area (Å²) in [7, 11) is 0. The number of aryl methyl sites for hydroxylation is 3. The molecule has 0 fully saturated rings. The minimum absolute atomic E-state index is 0.113. The number of halogens is 1. The van der Waals surface area contributed by atoms with E-state index in [1.807, 2.05) is 32.9 Å². The Balaban J connectivity index is 1.52. The largest absolute Gasteiger partial charge is 0.439 e. The van der Waals surface area contributed by atoms with E-state index < -0.39 is 11.8 Å². The number of nitrogens with zero attached hydrogens (tertiary/aromatic N) is 1. The molecule has 0 spiro atoms. The number of carbonyl (C=O) groups excluding carboxylic acids is 2. The summed E-state index contributed by atoms with van der Waals surface area (Å²) >= 11 is 0. The zero-order valence-corrected chi connectivity index (χ0v) is 18.2. The number of urea groups is 1. The van der Waals surface area contributed by atoms with E-state index in [1.165, 1.54) is 24.4 Å². The van der Waals surface area contributed by atoms with Gasteiger partial charge in [0.15, 0.2) is 0 Å². The van der Waals surface area contributed by atoms with Gasteiger partial charge in [0.1, 0.15) is 11.6 Å². The number of aromatic nitrogens is 1. The molecule has 0 saturated carbocycles. The van der Waals surface area contributed by atoms with Crippen molar-refractivity contribution in [2.45, 2.75) is 27.3 Å². The molecule has 0 unspecified atom stereocenters. The maximum Gasteiger partial charge on any atom is 0.315 e. The fourth-order valence-electron chi connectivity index (χ4n) is 3.25. The van der Waals surface area contributed by atoms with Crippen molar-refractivity contribution in [2.24, 2.45) is 0 Å². The number of pyridine rings is 1. The number of anilines is 1. The minimum Gasteiger partial charge on any atom is -0.439 e. The lowest BCUT2D eigenvalue weighted by molar-refractivity contribution is -0.115. The van der Waals surface area contributed by atoms with Gasteiger partial charge in [-0.2, -0.15) is 0 Å². The highest BCUT2D eigenvalue weighted by atomic mass is 19.1. The molecule has 3 amide bonds. The molecular weight excluding hydrogens is 411 g/mol. The second kappa shape index (κ2) is 10.4. The predicted octanol–water partition coefficient (Wildman–Crippen LogP) is 4.38. The van der Waals surface area contributed by atoms with Crippen molar-refractivity contribution in [3.63, 3.8) is 0 Å². The van der Waals surface area contributed by atoms with Crippen molar-refractivity contribution in [1.82, 2.24) is 15.6 Å². The molecule has 3 N–H and O–H groups in total. The number of benzene rings is 2. The lowest BCUT2D eigenvalue weighted by Crippen LogP contribution is -2.39. The number of rotatable bonds is 7. The van der Waals surface area contributed by atoms with Crippen molar-refractivity contribution in [2.75, 3.05) is 11.9 Å². The Hall–Kier alpha value is -3.94. The van der Waals surface area contributed by atoms with Gasteiger partial charge in [0, 0.05) is 30.1 Å². The lowest BCUT2D eigenvalue weighted by Gasteiger charge is -2.14. The molecule has 3 rings (SSSR count). The van der Waals surface area contributed by atoms with E-state index in [2.05, 4.69) is 20.9 Å². The Kier molecular flexibility index (Phi) is 7.38. The third-order valence-electron chi connectivity index (χ3n) is 4.65. The summed E-state index contributed by atoms with van der Waals surface area (Å²) in [5.41, 5.74) is 4.39. The molecule has 1 heterocycles. The summed E-state index contributed by atoms with van der Waals surface area (Å²) in [5.74, 6) is -0.201. The van der Waals surface area contributed by atoms with Crippen molar-refractivity contribution < 1.29 is 18.7 Å². The molecule has 8 heteroatoms. The topological polar surface area (TPSA) is 92.4 Å². The monoisotopic (exact) mass is 436 g/mol. The van der Waals surface area contributed by atoms with Crippen LogP contribution in [0.3, 0.4) is 0 Å². The Morgan fingerprint density at radius 1 is 1.00 bits per heavy atom. The van der Waals surface area contributed by atoms with Crippen LogP contribution in [0.15, 0.2) is 54.7 Å². The van der Waals surface area contributed by atoms with Crippen LogP contribution in [0.2, 0.25) is 0 Å². The number of amides is 3. The maximum absolute atomic E-state index is 13.4. The highest BCUT2D eigenvalue weighted by Crippen LogP contribution is 2.23. The van der Waals surface area contributed by atoms with Crippen molar-refractivity contribution in [1.29, 1.82) is 0 Å². The van der Waals surface area contributed by atoms with Crippen molar-refractivity contribution in [3.8, 4) is 11.6 Å². The third kappa shape index (κ3) is 6.28. The smallest absolute Gasteiger partial charge is 0.315 e. The van der Waals surface area contributed by atoms with Gasteiger partial charge in [-0.05, 0) is 50.1 Å². The highest BCUT2D eigenvalue weighted by Gasteiger charge is 2.11. The van der Waals surface area contributed by atoms with E-state index in [-0.39, 0.29) is 24.9 Å². The lowest BCUT2D eigenvalue weighted by atomic mass is 10.1. The first kappa shape index (κ1) is 22.7. The van der Waals surface area contributed by atoms with Crippen LogP contribution in [0, 0.1) is 26.6 Å². The molecule has 2 aromatic carbocycles. The van der Waals surface area contributed by atoms with Crippen LogP contribution in [0.4, 0.5) is 14.9 Å². The summed E-state index contributed by atoms with van der Waals surface area (Å²) < 4.78 is 19.0. The molecule has 0 saturated heterocycles. The first-order chi connectivity index (χ1) is 15.3.